The summed E-state index contributed by atoms with van der Waals surface area (Å²) in [5.41, 5.74) is 5.02. The van der Waals surface area contributed by atoms with Crippen molar-refractivity contribution < 1.29 is 19.1 Å². The molecule has 0 saturated heterocycles. The molecule has 1 fully saturated rings. The minimum atomic E-state index is -0.931. The van der Waals surface area contributed by atoms with Crippen LogP contribution in [0.25, 0.3) is 11.5 Å². The number of rotatable bonds is 14. The molecule has 5 aromatic rings. The number of carbonyl (C=O) groups is 2. The van der Waals surface area contributed by atoms with Crippen LogP contribution in [0.5, 0.6) is 0 Å². The molecule has 2 aromatic carbocycles. The minimum Gasteiger partial charge on any atom is -0.445 e. The zero-order valence-electron chi connectivity index (χ0n) is 28.2. The number of oxazole rings is 1. The zero-order chi connectivity index (χ0) is 34.5. The van der Waals surface area contributed by atoms with Crippen LogP contribution in [0.1, 0.15) is 75.2 Å². The van der Waals surface area contributed by atoms with Crippen LogP contribution in [-0.2, 0) is 13.0 Å². The van der Waals surface area contributed by atoms with Gasteiger partial charge in [-0.25, -0.2) is 9.97 Å². The van der Waals surface area contributed by atoms with E-state index >= 15 is 0 Å². The number of aliphatic hydroxyl groups excluding tert-OH is 1. The smallest absolute Gasteiger partial charge is 0.254 e. The van der Waals surface area contributed by atoms with Crippen LogP contribution in [0, 0.1) is 6.92 Å². The van der Waals surface area contributed by atoms with Gasteiger partial charge in [0.2, 0.25) is 5.89 Å². The number of anilines is 1. The molecule has 11 heteroatoms. The molecule has 0 unspecified atom stereocenters. The van der Waals surface area contributed by atoms with Crippen molar-refractivity contribution >= 4 is 28.8 Å². The highest BCUT2D eigenvalue weighted by Gasteiger charge is 2.34. The van der Waals surface area contributed by atoms with Crippen LogP contribution in [0.4, 0.5) is 5.69 Å². The summed E-state index contributed by atoms with van der Waals surface area (Å²) in [5.74, 6) is 0.0179. The lowest BCUT2D eigenvalue weighted by Crippen LogP contribution is -2.49. The predicted molar refractivity (Wildman–Crippen MR) is 191 cm³/mol. The summed E-state index contributed by atoms with van der Waals surface area (Å²) in [5, 5.41) is 17.6. The molecule has 3 aromatic heterocycles. The van der Waals surface area contributed by atoms with E-state index in [-0.39, 0.29) is 24.1 Å². The summed E-state index contributed by atoms with van der Waals surface area (Å²) >= 11 is 1.53. The fraction of sp³-hybridized carbons (Fsp3) is 0.342. The molecule has 0 radical (unpaired) electrons. The number of benzene rings is 2. The molecule has 2 N–H and O–H groups in total. The molecule has 0 bridgehead atoms. The summed E-state index contributed by atoms with van der Waals surface area (Å²) in [7, 11) is 1.90. The summed E-state index contributed by atoms with van der Waals surface area (Å²) in [6.07, 6.45) is 7.94. The molecule has 254 valence electrons. The molecular weight excluding hydrogens is 637 g/mol. The number of aromatic nitrogens is 3. The van der Waals surface area contributed by atoms with E-state index in [2.05, 4.69) is 40.2 Å². The standard InChI is InChI=1S/C38H42N6O4S/c1-24(2)30-18-32(20-39-19-30)43(4)21-34(45)33(14-26-8-6-5-7-9-26)42-36(46)27-15-28(37-40-12-13-48-37)17-29(16-27)38(47)44(31-10-11-31)22-35-41-25(3)23-49-35/h5-9,12-13,15-20,23-24,31,33-34,45H,10-11,14,21-22H2,1-4H3,(H,42,46)/t33-,34+/m0/s1. The summed E-state index contributed by atoms with van der Waals surface area (Å²) in [6, 6.07) is 16.3. The van der Waals surface area contributed by atoms with E-state index in [1.165, 1.54) is 23.8 Å². The molecule has 1 saturated carbocycles. The van der Waals surface area contributed by atoms with Gasteiger partial charge in [-0.05, 0) is 67.5 Å². The Balaban J connectivity index is 1.28. The topological polar surface area (TPSA) is 125 Å². The van der Waals surface area contributed by atoms with Crippen LogP contribution in [0.2, 0.25) is 0 Å². The molecule has 0 spiro atoms. The largest absolute Gasteiger partial charge is 0.445 e. The van der Waals surface area contributed by atoms with Crippen LogP contribution in [0.15, 0.2) is 89.2 Å². The van der Waals surface area contributed by atoms with Crippen molar-refractivity contribution in [1.29, 1.82) is 0 Å². The number of aryl methyl sites for hydroxylation is 1. The lowest BCUT2D eigenvalue weighted by Gasteiger charge is -2.29. The highest BCUT2D eigenvalue weighted by molar-refractivity contribution is 7.09. The lowest BCUT2D eigenvalue weighted by atomic mass is 9.99. The van der Waals surface area contributed by atoms with Crippen molar-refractivity contribution in [3.8, 4) is 11.5 Å². The number of nitrogens with one attached hydrogen (secondary N) is 1. The first-order valence-corrected chi connectivity index (χ1v) is 17.5. The van der Waals surface area contributed by atoms with E-state index < -0.39 is 18.1 Å². The Hall–Kier alpha value is -4.87. The number of nitrogens with zero attached hydrogens (tertiary/aromatic N) is 5. The quantitative estimate of drug-likeness (QED) is 0.141. The Morgan fingerprint density at radius 2 is 1.86 bits per heavy atom. The Labute approximate surface area is 290 Å². The lowest BCUT2D eigenvalue weighted by molar-refractivity contribution is 0.0729. The first-order chi connectivity index (χ1) is 23.6. The molecule has 0 aliphatic heterocycles. The van der Waals surface area contributed by atoms with Gasteiger partial charge in [-0.1, -0.05) is 44.2 Å². The number of carbonyl (C=O) groups excluding carboxylic acids is 2. The number of aliphatic hydroxyl groups is 1. The molecule has 6 rings (SSSR count). The molecule has 10 nitrogen and oxygen atoms in total. The maximum absolute atomic E-state index is 14.1. The van der Waals surface area contributed by atoms with Gasteiger partial charge in [0.15, 0.2) is 0 Å². The minimum absolute atomic E-state index is 0.123. The fourth-order valence-electron chi connectivity index (χ4n) is 5.80. The third kappa shape index (κ3) is 8.60. The van der Waals surface area contributed by atoms with E-state index in [9.17, 15) is 14.7 Å². The van der Waals surface area contributed by atoms with E-state index in [0.717, 1.165) is 40.4 Å². The molecule has 1 aliphatic rings. The highest BCUT2D eigenvalue weighted by Crippen LogP contribution is 2.32. The third-order valence-electron chi connectivity index (χ3n) is 8.73. The van der Waals surface area contributed by atoms with Crippen molar-refractivity contribution in [2.45, 2.75) is 70.7 Å². The molecule has 2 amide bonds. The zero-order valence-corrected chi connectivity index (χ0v) is 29.1. The second-order valence-corrected chi connectivity index (χ2v) is 14.0. The monoisotopic (exact) mass is 678 g/mol. The summed E-state index contributed by atoms with van der Waals surface area (Å²) < 4.78 is 5.59. The van der Waals surface area contributed by atoms with Gasteiger partial charge in [-0.2, -0.15) is 0 Å². The maximum atomic E-state index is 14.1. The van der Waals surface area contributed by atoms with E-state index in [1.54, 1.807) is 24.4 Å². The number of hydrogen-bond donors (Lipinski definition) is 2. The van der Waals surface area contributed by atoms with Gasteiger partial charge in [0.1, 0.15) is 11.3 Å². The molecule has 2 atom stereocenters. The van der Waals surface area contributed by atoms with Crippen LogP contribution < -0.4 is 10.2 Å². The van der Waals surface area contributed by atoms with Crippen molar-refractivity contribution in [2.24, 2.45) is 0 Å². The average Bonchev–Trinajstić information content (AvgIpc) is 3.62. The van der Waals surface area contributed by atoms with Crippen LogP contribution in [0.3, 0.4) is 0 Å². The summed E-state index contributed by atoms with van der Waals surface area (Å²) in [4.78, 5) is 45.3. The number of thiazole rings is 1. The molecule has 49 heavy (non-hydrogen) atoms. The fourth-order valence-corrected chi connectivity index (χ4v) is 6.57. The van der Waals surface area contributed by atoms with Crippen LogP contribution in [-0.4, -0.2) is 68.6 Å². The van der Waals surface area contributed by atoms with Crippen molar-refractivity contribution in [3.63, 3.8) is 0 Å². The normalized spacial score (nSPS) is 14.0. The molecule has 3 heterocycles. The highest BCUT2D eigenvalue weighted by atomic mass is 32.1. The number of hydrogen-bond acceptors (Lipinski definition) is 9. The van der Waals surface area contributed by atoms with Crippen molar-refractivity contribution in [3.05, 3.63) is 118 Å². The van der Waals surface area contributed by atoms with E-state index in [0.29, 0.717) is 35.9 Å². The molecule has 1 aliphatic carbocycles. The second-order valence-electron chi connectivity index (χ2n) is 13.0. The Morgan fingerprint density at radius 3 is 2.53 bits per heavy atom. The van der Waals surface area contributed by atoms with E-state index in [1.807, 2.05) is 65.7 Å². The van der Waals surface area contributed by atoms with E-state index in [4.69, 9.17) is 4.42 Å². The van der Waals surface area contributed by atoms with Crippen molar-refractivity contribution in [1.82, 2.24) is 25.2 Å². The second kappa shape index (κ2) is 15.1. The predicted octanol–water partition coefficient (Wildman–Crippen LogP) is 6.27. The number of pyridine rings is 1. The Kier molecular flexibility index (Phi) is 10.5. The van der Waals surface area contributed by atoms with Gasteiger partial charge in [-0.15, -0.1) is 11.3 Å². The van der Waals surface area contributed by atoms with Gasteiger partial charge in [-0.3, -0.25) is 14.6 Å². The maximum Gasteiger partial charge on any atom is 0.254 e. The van der Waals surface area contributed by atoms with Gasteiger partial charge >= 0.3 is 0 Å². The van der Waals surface area contributed by atoms with Gasteiger partial charge in [0.25, 0.3) is 11.8 Å². The molecular formula is C38H42N6O4S. The summed E-state index contributed by atoms with van der Waals surface area (Å²) in [6.45, 7) is 6.83. The van der Waals surface area contributed by atoms with Gasteiger partial charge in [0.05, 0.1) is 36.8 Å². The average molecular weight is 679 g/mol. The van der Waals surface area contributed by atoms with Crippen LogP contribution >= 0.6 is 11.3 Å². The number of amides is 2. The van der Waals surface area contributed by atoms with Crippen molar-refractivity contribution in [2.75, 3.05) is 18.5 Å². The van der Waals surface area contributed by atoms with Gasteiger partial charge in [0, 0.05) is 53.6 Å². The Morgan fingerprint density at radius 1 is 1.08 bits per heavy atom. The number of likely N-dealkylation sites (N-methyl/N-ethyl adjacent to an activating group) is 1. The first-order valence-electron chi connectivity index (χ1n) is 16.6. The van der Waals surface area contributed by atoms with Gasteiger partial charge < -0.3 is 24.6 Å². The third-order valence-corrected chi connectivity index (χ3v) is 9.69. The Bertz CT molecular complexity index is 1870. The SMILES string of the molecule is Cc1csc(CN(C(=O)c2cc(C(=O)N[C@@H](Cc3ccccc3)[C@H](O)CN(C)c3cncc(C(C)C)c3)cc(-c3ncco3)c2)C2CC2)n1. The first kappa shape index (κ1) is 34.0.